The van der Waals surface area contributed by atoms with E-state index >= 15 is 0 Å². The number of nitrogens with one attached hydrogen (secondary N) is 2. The maximum absolute atomic E-state index is 11.8. The van der Waals surface area contributed by atoms with Crippen molar-refractivity contribution in [2.24, 2.45) is 0 Å². The summed E-state index contributed by atoms with van der Waals surface area (Å²) in [6.45, 7) is 1.07. The van der Waals surface area contributed by atoms with Gasteiger partial charge in [-0.15, -0.1) is 0 Å². The normalized spacial score (nSPS) is 10.2. The first-order valence-electron chi connectivity index (χ1n) is 8.87. The maximum Gasteiger partial charge on any atom is 0.229 e. The van der Waals surface area contributed by atoms with E-state index in [4.69, 9.17) is 4.74 Å². The smallest absolute Gasteiger partial charge is 0.229 e. The molecule has 0 unspecified atom stereocenters. The van der Waals surface area contributed by atoms with Gasteiger partial charge in [0, 0.05) is 13.1 Å². The van der Waals surface area contributed by atoms with Gasteiger partial charge in [-0.25, -0.2) is 0 Å². The number of amides is 2. The molecule has 0 atom stereocenters. The second-order valence-electron chi connectivity index (χ2n) is 6.07. The number of carbonyl (C=O) groups excluding carboxylic acids is 2. The predicted molar refractivity (Wildman–Crippen MR) is 102 cm³/mol. The van der Waals surface area contributed by atoms with Crippen molar-refractivity contribution in [3.8, 4) is 5.75 Å². The van der Waals surface area contributed by atoms with Gasteiger partial charge in [0.15, 0.2) is 0 Å². The Bertz CT molecular complexity index is 701. The quantitative estimate of drug-likeness (QED) is 0.509. The molecule has 138 valence electrons. The van der Waals surface area contributed by atoms with Crippen LogP contribution in [-0.4, -0.2) is 32.0 Å². The van der Waals surface area contributed by atoms with Crippen LogP contribution in [0.1, 0.15) is 24.0 Å². The monoisotopic (exact) mass is 354 g/mol. The molecule has 2 aromatic rings. The number of methoxy groups -OCH3 is 1. The Kier molecular flexibility index (Phi) is 8.19. The van der Waals surface area contributed by atoms with Gasteiger partial charge >= 0.3 is 0 Å². The first-order valence-corrected chi connectivity index (χ1v) is 8.87. The van der Waals surface area contributed by atoms with Gasteiger partial charge in [-0.1, -0.05) is 42.5 Å². The van der Waals surface area contributed by atoms with E-state index in [1.54, 1.807) is 7.11 Å². The molecule has 0 aliphatic carbocycles. The third-order valence-corrected chi connectivity index (χ3v) is 4.00. The van der Waals surface area contributed by atoms with Gasteiger partial charge in [-0.05, 0) is 42.5 Å². The molecule has 2 aromatic carbocycles. The summed E-state index contributed by atoms with van der Waals surface area (Å²) < 4.78 is 5.17. The third-order valence-electron chi connectivity index (χ3n) is 4.00. The van der Waals surface area contributed by atoms with Crippen molar-refractivity contribution < 1.29 is 14.3 Å². The lowest BCUT2D eigenvalue weighted by Gasteiger charge is -2.08. The highest BCUT2D eigenvalue weighted by atomic mass is 16.5. The number of carbonyl (C=O) groups is 2. The Labute approximate surface area is 154 Å². The Morgan fingerprint density at radius 3 is 2.27 bits per heavy atom. The van der Waals surface area contributed by atoms with Gasteiger partial charge in [0.1, 0.15) is 12.2 Å². The minimum atomic E-state index is -0.256. The number of aryl methyl sites for hydroxylation is 1. The van der Waals surface area contributed by atoms with Crippen molar-refractivity contribution in [3.05, 3.63) is 65.7 Å². The van der Waals surface area contributed by atoms with Gasteiger partial charge in [0.05, 0.1) is 7.11 Å². The zero-order valence-corrected chi connectivity index (χ0v) is 15.2. The van der Waals surface area contributed by atoms with Crippen molar-refractivity contribution in [3.63, 3.8) is 0 Å². The van der Waals surface area contributed by atoms with Gasteiger partial charge in [0.25, 0.3) is 0 Å². The molecule has 2 N–H and O–H groups in total. The molecule has 5 nitrogen and oxygen atoms in total. The number of hydrogen-bond acceptors (Lipinski definition) is 3. The fraction of sp³-hybridized carbons (Fsp3) is 0.333. The second-order valence-corrected chi connectivity index (χ2v) is 6.07. The summed E-state index contributed by atoms with van der Waals surface area (Å²) in [4.78, 5) is 23.6. The molecule has 0 aliphatic rings. The van der Waals surface area contributed by atoms with Crippen LogP contribution in [0.2, 0.25) is 0 Å². The minimum absolute atomic E-state index is 0.135. The molecule has 0 aromatic heterocycles. The topological polar surface area (TPSA) is 67.4 Å². The Morgan fingerprint density at radius 2 is 1.54 bits per heavy atom. The van der Waals surface area contributed by atoms with E-state index in [1.807, 2.05) is 42.5 Å². The summed E-state index contributed by atoms with van der Waals surface area (Å²) in [7, 11) is 1.62. The SMILES string of the molecule is COc1cccc(CCNC(=O)CC(=O)NCCCc2ccccc2)c1. The van der Waals surface area contributed by atoms with E-state index in [1.165, 1.54) is 5.56 Å². The zero-order chi connectivity index (χ0) is 18.6. The molecule has 0 bridgehead atoms. The standard InChI is InChI=1S/C21H26N2O3/c1-26-19-11-5-9-18(15-19)12-14-23-21(25)16-20(24)22-13-6-10-17-7-3-2-4-8-17/h2-5,7-9,11,15H,6,10,12-14,16H2,1H3,(H,22,24)(H,23,25). The lowest BCUT2D eigenvalue weighted by atomic mass is 10.1. The van der Waals surface area contributed by atoms with Gasteiger partial charge in [-0.2, -0.15) is 0 Å². The molecule has 0 radical (unpaired) electrons. The molecule has 0 saturated carbocycles. The first kappa shape index (κ1) is 19.5. The fourth-order valence-electron chi connectivity index (χ4n) is 2.61. The van der Waals surface area contributed by atoms with Crippen LogP contribution >= 0.6 is 0 Å². The molecule has 0 aliphatic heterocycles. The van der Waals surface area contributed by atoms with E-state index in [0.29, 0.717) is 19.5 Å². The molecule has 0 fully saturated rings. The summed E-state index contributed by atoms with van der Waals surface area (Å²) in [5.74, 6) is 0.300. The largest absolute Gasteiger partial charge is 0.497 e. The lowest BCUT2D eigenvalue weighted by Crippen LogP contribution is -2.33. The molecular weight excluding hydrogens is 328 g/mol. The summed E-state index contributed by atoms with van der Waals surface area (Å²) in [5, 5.41) is 5.57. The van der Waals surface area contributed by atoms with Gasteiger partial charge in [0.2, 0.25) is 11.8 Å². The summed E-state index contributed by atoms with van der Waals surface area (Å²) in [6.07, 6.45) is 2.33. The van der Waals surface area contributed by atoms with E-state index in [2.05, 4.69) is 22.8 Å². The second kappa shape index (κ2) is 10.9. The van der Waals surface area contributed by atoms with Crippen molar-refractivity contribution in [1.82, 2.24) is 10.6 Å². The molecule has 0 saturated heterocycles. The van der Waals surface area contributed by atoms with Crippen LogP contribution in [0.5, 0.6) is 5.75 Å². The average molecular weight is 354 g/mol. The first-order chi connectivity index (χ1) is 12.7. The van der Waals surface area contributed by atoms with Gasteiger partial charge in [-0.3, -0.25) is 9.59 Å². The highest BCUT2D eigenvalue weighted by Gasteiger charge is 2.08. The Morgan fingerprint density at radius 1 is 0.846 bits per heavy atom. The number of hydrogen-bond donors (Lipinski definition) is 2. The van der Waals surface area contributed by atoms with Crippen LogP contribution < -0.4 is 15.4 Å². The zero-order valence-electron chi connectivity index (χ0n) is 15.2. The Hall–Kier alpha value is -2.82. The number of ether oxygens (including phenoxy) is 1. The van der Waals surface area contributed by atoms with E-state index in [9.17, 15) is 9.59 Å². The third kappa shape index (κ3) is 7.38. The van der Waals surface area contributed by atoms with Crippen molar-refractivity contribution >= 4 is 11.8 Å². The average Bonchev–Trinajstić information content (AvgIpc) is 2.66. The van der Waals surface area contributed by atoms with Crippen LogP contribution in [0.4, 0.5) is 0 Å². The van der Waals surface area contributed by atoms with E-state index in [-0.39, 0.29) is 18.2 Å². The summed E-state index contributed by atoms with van der Waals surface area (Å²) in [5.41, 5.74) is 2.33. The van der Waals surface area contributed by atoms with E-state index in [0.717, 1.165) is 24.2 Å². The van der Waals surface area contributed by atoms with Crippen LogP contribution in [-0.2, 0) is 22.4 Å². The van der Waals surface area contributed by atoms with Crippen LogP contribution in [0.3, 0.4) is 0 Å². The molecule has 5 heteroatoms. The van der Waals surface area contributed by atoms with Crippen LogP contribution in [0, 0.1) is 0 Å². The fourth-order valence-corrected chi connectivity index (χ4v) is 2.61. The van der Waals surface area contributed by atoms with Crippen LogP contribution in [0.15, 0.2) is 54.6 Å². The highest BCUT2D eigenvalue weighted by Crippen LogP contribution is 2.12. The van der Waals surface area contributed by atoms with Crippen molar-refractivity contribution in [2.45, 2.75) is 25.7 Å². The molecular formula is C21H26N2O3. The predicted octanol–water partition coefficient (Wildman–Crippen LogP) is 2.49. The molecule has 2 amide bonds. The molecule has 26 heavy (non-hydrogen) atoms. The maximum atomic E-state index is 11.8. The highest BCUT2D eigenvalue weighted by molar-refractivity contribution is 5.96. The lowest BCUT2D eigenvalue weighted by molar-refractivity contribution is -0.129. The molecule has 0 spiro atoms. The molecule has 2 rings (SSSR count). The van der Waals surface area contributed by atoms with Crippen molar-refractivity contribution in [2.75, 3.05) is 20.2 Å². The van der Waals surface area contributed by atoms with Crippen molar-refractivity contribution in [1.29, 1.82) is 0 Å². The van der Waals surface area contributed by atoms with Gasteiger partial charge < -0.3 is 15.4 Å². The number of rotatable bonds is 10. The van der Waals surface area contributed by atoms with E-state index < -0.39 is 0 Å². The Balaban J connectivity index is 1.57. The number of benzene rings is 2. The molecule has 0 heterocycles. The minimum Gasteiger partial charge on any atom is -0.497 e. The van der Waals surface area contributed by atoms with Crippen LogP contribution in [0.25, 0.3) is 0 Å². The summed E-state index contributed by atoms with van der Waals surface area (Å²) >= 11 is 0. The summed E-state index contributed by atoms with van der Waals surface area (Å²) in [6, 6.07) is 17.8.